The van der Waals surface area contributed by atoms with Gasteiger partial charge in [-0.2, -0.15) is 0 Å². The first-order valence-electron chi connectivity index (χ1n) is 6.19. The SMILES string of the molecule is CCNc1cc(Oc2c(C)cc(Br)cc2[N+](=O)[O-])ncn1. The molecule has 0 radical (unpaired) electrons. The fourth-order valence-corrected chi connectivity index (χ4v) is 2.32. The number of rotatable bonds is 5. The Morgan fingerprint density at radius 1 is 1.38 bits per heavy atom. The molecule has 0 amide bonds. The van der Waals surface area contributed by atoms with Gasteiger partial charge >= 0.3 is 5.69 Å². The van der Waals surface area contributed by atoms with E-state index < -0.39 is 4.92 Å². The molecule has 1 N–H and O–H groups in total. The number of hydrogen-bond donors (Lipinski definition) is 1. The van der Waals surface area contributed by atoms with E-state index in [9.17, 15) is 10.1 Å². The molecule has 2 aromatic rings. The second-order valence-corrected chi connectivity index (χ2v) is 5.12. The van der Waals surface area contributed by atoms with Crippen molar-refractivity contribution in [1.82, 2.24) is 9.97 Å². The van der Waals surface area contributed by atoms with Crippen LogP contribution in [0.3, 0.4) is 0 Å². The molecule has 2 rings (SSSR count). The van der Waals surface area contributed by atoms with Gasteiger partial charge in [-0.15, -0.1) is 0 Å². The van der Waals surface area contributed by atoms with Crippen molar-refractivity contribution in [3.05, 3.63) is 44.7 Å². The van der Waals surface area contributed by atoms with Gasteiger partial charge in [0.05, 0.1) is 4.92 Å². The summed E-state index contributed by atoms with van der Waals surface area (Å²) in [5, 5.41) is 14.2. The number of nitrogens with zero attached hydrogens (tertiary/aromatic N) is 3. The maximum Gasteiger partial charge on any atom is 0.313 e. The second kappa shape index (κ2) is 6.49. The molecule has 0 atom stereocenters. The third kappa shape index (κ3) is 3.66. The zero-order valence-electron chi connectivity index (χ0n) is 11.5. The van der Waals surface area contributed by atoms with Crippen LogP contribution in [0.1, 0.15) is 12.5 Å². The molecule has 1 heterocycles. The Labute approximate surface area is 129 Å². The standard InChI is InChI=1S/C13H13BrN4O3/c1-3-15-11-6-12(17-7-16-11)21-13-8(2)4-9(14)5-10(13)18(19)20/h4-7H,3H2,1-2H3,(H,15,16,17). The molecule has 0 spiro atoms. The van der Waals surface area contributed by atoms with Gasteiger partial charge < -0.3 is 10.1 Å². The highest BCUT2D eigenvalue weighted by Gasteiger charge is 2.20. The van der Waals surface area contributed by atoms with Gasteiger partial charge in [0, 0.05) is 28.7 Å². The van der Waals surface area contributed by atoms with E-state index in [0.717, 1.165) is 0 Å². The molecule has 0 saturated carbocycles. The van der Waals surface area contributed by atoms with Gasteiger partial charge in [-0.05, 0) is 19.9 Å². The number of nitro benzene ring substituents is 1. The molecule has 1 aromatic heterocycles. The first kappa shape index (κ1) is 15.2. The lowest BCUT2D eigenvalue weighted by molar-refractivity contribution is -0.385. The van der Waals surface area contributed by atoms with Crippen molar-refractivity contribution in [1.29, 1.82) is 0 Å². The number of aryl methyl sites for hydroxylation is 1. The van der Waals surface area contributed by atoms with Crippen molar-refractivity contribution in [3.63, 3.8) is 0 Å². The van der Waals surface area contributed by atoms with Crippen LogP contribution in [0.25, 0.3) is 0 Å². The predicted molar refractivity (Wildman–Crippen MR) is 81.8 cm³/mol. The van der Waals surface area contributed by atoms with Crippen molar-refractivity contribution in [3.8, 4) is 11.6 Å². The Kier molecular flexibility index (Phi) is 4.69. The van der Waals surface area contributed by atoms with Crippen molar-refractivity contribution in [2.24, 2.45) is 0 Å². The molecule has 21 heavy (non-hydrogen) atoms. The Hall–Kier alpha value is -2.22. The first-order chi connectivity index (χ1) is 10.0. The molecular formula is C13H13BrN4O3. The highest BCUT2D eigenvalue weighted by Crippen LogP contribution is 2.36. The molecule has 0 aliphatic rings. The van der Waals surface area contributed by atoms with Gasteiger partial charge in [0.15, 0.2) is 0 Å². The molecule has 0 aliphatic heterocycles. The highest BCUT2D eigenvalue weighted by molar-refractivity contribution is 9.10. The molecule has 7 nitrogen and oxygen atoms in total. The van der Waals surface area contributed by atoms with Gasteiger partial charge in [-0.3, -0.25) is 10.1 Å². The topological polar surface area (TPSA) is 90.2 Å². The van der Waals surface area contributed by atoms with E-state index in [1.165, 1.54) is 12.4 Å². The van der Waals surface area contributed by atoms with Crippen molar-refractivity contribution < 1.29 is 9.66 Å². The van der Waals surface area contributed by atoms with Crippen LogP contribution in [0.5, 0.6) is 11.6 Å². The number of hydrogen-bond acceptors (Lipinski definition) is 6. The fraction of sp³-hybridized carbons (Fsp3) is 0.231. The lowest BCUT2D eigenvalue weighted by atomic mass is 10.2. The minimum absolute atomic E-state index is 0.120. The smallest absolute Gasteiger partial charge is 0.313 e. The van der Waals surface area contributed by atoms with Crippen LogP contribution in [0.2, 0.25) is 0 Å². The third-order valence-electron chi connectivity index (χ3n) is 2.62. The summed E-state index contributed by atoms with van der Waals surface area (Å²) in [4.78, 5) is 18.7. The van der Waals surface area contributed by atoms with Crippen LogP contribution in [-0.2, 0) is 0 Å². The average Bonchev–Trinajstić information content (AvgIpc) is 2.42. The van der Waals surface area contributed by atoms with Gasteiger partial charge in [0.25, 0.3) is 0 Å². The fourth-order valence-electron chi connectivity index (χ4n) is 1.76. The summed E-state index contributed by atoms with van der Waals surface area (Å²) in [7, 11) is 0. The molecule has 8 heteroatoms. The number of benzene rings is 1. The summed E-state index contributed by atoms with van der Waals surface area (Å²) in [5.74, 6) is 1.01. The molecule has 1 aromatic carbocycles. The van der Waals surface area contributed by atoms with Gasteiger partial charge in [0.2, 0.25) is 11.6 Å². The minimum atomic E-state index is -0.487. The van der Waals surface area contributed by atoms with E-state index in [-0.39, 0.29) is 17.3 Å². The minimum Gasteiger partial charge on any atom is -0.431 e. The summed E-state index contributed by atoms with van der Waals surface area (Å²) in [6, 6.07) is 4.73. The van der Waals surface area contributed by atoms with Crippen molar-refractivity contribution in [2.45, 2.75) is 13.8 Å². The number of nitrogens with one attached hydrogen (secondary N) is 1. The zero-order chi connectivity index (χ0) is 15.4. The Bertz CT molecular complexity index is 678. The zero-order valence-corrected chi connectivity index (χ0v) is 13.0. The number of halogens is 1. The molecule has 0 unspecified atom stereocenters. The summed E-state index contributed by atoms with van der Waals surface area (Å²) in [6.07, 6.45) is 1.34. The van der Waals surface area contributed by atoms with Gasteiger partial charge in [-0.25, -0.2) is 9.97 Å². The van der Waals surface area contributed by atoms with Crippen LogP contribution in [0.4, 0.5) is 11.5 Å². The molecule has 0 fully saturated rings. The van der Waals surface area contributed by atoms with Gasteiger partial charge in [-0.1, -0.05) is 15.9 Å². The summed E-state index contributed by atoms with van der Waals surface area (Å²) < 4.78 is 6.21. The van der Waals surface area contributed by atoms with E-state index in [0.29, 0.717) is 22.4 Å². The Morgan fingerprint density at radius 2 is 2.14 bits per heavy atom. The van der Waals surface area contributed by atoms with E-state index >= 15 is 0 Å². The van der Waals surface area contributed by atoms with E-state index in [2.05, 4.69) is 31.2 Å². The monoisotopic (exact) mass is 352 g/mol. The van der Waals surface area contributed by atoms with E-state index in [1.807, 2.05) is 6.92 Å². The van der Waals surface area contributed by atoms with Crippen LogP contribution in [0, 0.1) is 17.0 Å². The van der Waals surface area contributed by atoms with Gasteiger partial charge in [0.1, 0.15) is 12.1 Å². The molecule has 0 aliphatic carbocycles. The largest absolute Gasteiger partial charge is 0.431 e. The third-order valence-corrected chi connectivity index (χ3v) is 3.08. The lowest BCUT2D eigenvalue weighted by Crippen LogP contribution is -2.01. The highest BCUT2D eigenvalue weighted by atomic mass is 79.9. The molecular weight excluding hydrogens is 340 g/mol. The Balaban J connectivity index is 2.39. The number of nitro groups is 1. The predicted octanol–water partition coefficient (Wildman–Crippen LogP) is 3.68. The Morgan fingerprint density at radius 3 is 2.81 bits per heavy atom. The van der Waals surface area contributed by atoms with Crippen LogP contribution >= 0.6 is 15.9 Å². The van der Waals surface area contributed by atoms with Crippen molar-refractivity contribution in [2.75, 3.05) is 11.9 Å². The molecule has 0 bridgehead atoms. The number of ether oxygens (including phenoxy) is 1. The second-order valence-electron chi connectivity index (χ2n) is 4.20. The normalized spacial score (nSPS) is 10.2. The average molecular weight is 353 g/mol. The first-order valence-corrected chi connectivity index (χ1v) is 6.99. The van der Waals surface area contributed by atoms with Crippen LogP contribution < -0.4 is 10.1 Å². The van der Waals surface area contributed by atoms with Crippen LogP contribution in [0.15, 0.2) is 29.0 Å². The quantitative estimate of drug-likeness (QED) is 0.651. The number of aromatic nitrogens is 2. The number of anilines is 1. The van der Waals surface area contributed by atoms with E-state index in [4.69, 9.17) is 4.74 Å². The summed E-state index contributed by atoms with van der Waals surface area (Å²) >= 11 is 3.24. The molecule has 110 valence electrons. The summed E-state index contributed by atoms with van der Waals surface area (Å²) in [6.45, 7) is 4.37. The maximum absolute atomic E-state index is 11.1. The molecule has 0 saturated heterocycles. The van der Waals surface area contributed by atoms with Crippen LogP contribution in [-0.4, -0.2) is 21.4 Å². The summed E-state index contributed by atoms with van der Waals surface area (Å²) in [5.41, 5.74) is 0.519. The van der Waals surface area contributed by atoms with Crippen molar-refractivity contribution >= 4 is 27.4 Å². The maximum atomic E-state index is 11.1. The lowest BCUT2D eigenvalue weighted by Gasteiger charge is -2.10. The van der Waals surface area contributed by atoms with E-state index in [1.54, 1.807) is 19.1 Å².